The number of hydrogen-bond donors (Lipinski definition) is 2. The summed E-state index contributed by atoms with van der Waals surface area (Å²) in [6, 6.07) is 19.3. The van der Waals surface area contributed by atoms with Gasteiger partial charge in [0.2, 0.25) is 5.91 Å². The molecule has 0 bridgehead atoms. The molecule has 10 heteroatoms. The van der Waals surface area contributed by atoms with E-state index in [1.54, 1.807) is 25.1 Å². The van der Waals surface area contributed by atoms with Gasteiger partial charge in [0.15, 0.2) is 0 Å². The number of rotatable bonds is 4. The Kier molecular flexibility index (Phi) is 7.90. The lowest BCUT2D eigenvalue weighted by Gasteiger charge is -2.29. The van der Waals surface area contributed by atoms with Crippen LogP contribution in [0.5, 0.6) is 5.75 Å². The minimum Gasteiger partial charge on any atom is -0.497 e. The van der Waals surface area contributed by atoms with Crippen molar-refractivity contribution in [2.75, 3.05) is 14.2 Å². The van der Waals surface area contributed by atoms with Crippen LogP contribution in [-0.2, 0) is 22.4 Å². The molecular formula is C34H34ClN5O4. The first-order valence-electron chi connectivity index (χ1n) is 14.6. The summed E-state index contributed by atoms with van der Waals surface area (Å²) in [5.74, 6) is 0.840. The van der Waals surface area contributed by atoms with E-state index in [0.717, 1.165) is 51.2 Å². The van der Waals surface area contributed by atoms with Crippen molar-refractivity contribution >= 4 is 46.1 Å². The van der Waals surface area contributed by atoms with E-state index in [1.807, 2.05) is 42.6 Å². The zero-order chi connectivity index (χ0) is 31.1. The number of ether oxygens (including phenoxy) is 1. The number of imide groups is 1. The smallest absolute Gasteiger partial charge is 0.324 e. The SMILES string of the molecule is CN1C(=O)N[C@H](Cc2c[nH]c3c(Cl)cccc23)C1=O.COc1ccc(C2[C@H]3CCc4ccc(C)cc4C3=NN2C(C)=O)cc1. The first-order valence-corrected chi connectivity index (χ1v) is 15.0. The van der Waals surface area contributed by atoms with Crippen LogP contribution in [0.4, 0.5) is 4.79 Å². The number of fused-ring (bicyclic) bond motifs is 4. The van der Waals surface area contributed by atoms with Gasteiger partial charge >= 0.3 is 6.03 Å². The van der Waals surface area contributed by atoms with Crippen LogP contribution in [0, 0.1) is 12.8 Å². The molecule has 4 aromatic rings. The van der Waals surface area contributed by atoms with E-state index < -0.39 is 6.04 Å². The summed E-state index contributed by atoms with van der Waals surface area (Å²) >= 11 is 6.09. The molecule has 226 valence electrons. The highest BCUT2D eigenvalue weighted by atomic mass is 35.5. The van der Waals surface area contributed by atoms with Crippen LogP contribution in [-0.4, -0.2) is 58.6 Å². The normalized spacial score (nSPS) is 20.5. The lowest BCUT2D eigenvalue weighted by molar-refractivity contribution is -0.131. The lowest BCUT2D eigenvalue weighted by Crippen LogP contribution is -2.31. The van der Waals surface area contributed by atoms with Gasteiger partial charge in [-0.2, -0.15) is 5.10 Å². The number of methoxy groups -OCH3 is 1. The minimum absolute atomic E-state index is 0.0167. The average molecular weight is 612 g/mol. The second kappa shape index (κ2) is 11.8. The number of benzene rings is 3. The van der Waals surface area contributed by atoms with Gasteiger partial charge < -0.3 is 15.0 Å². The minimum atomic E-state index is -0.504. The van der Waals surface area contributed by atoms with Crippen LogP contribution < -0.4 is 10.1 Å². The molecule has 7 rings (SSSR count). The number of hydrazone groups is 1. The van der Waals surface area contributed by atoms with Crippen LogP contribution in [0.25, 0.3) is 10.9 Å². The van der Waals surface area contributed by atoms with Gasteiger partial charge in [-0.1, -0.05) is 53.6 Å². The number of carbonyl (C=O) groups excluding carboxylic acids is 3. The van der Waals surface area contributed by atoms with Gasteiger partial charge in [0.25, 0.3) is 5.91 Å². The van der Waals surface area contributed by atoms with E-state index in [1.165, 1.54) is 23.7 Å². The molecule has 3 aromatic carbocycles. The number of halogens is 1. The molecule has 3 atom stereocenters. The molecule has 44 heavy (non-hydrogen) atoms. The van der Waals surface area contributed by atoms with Crippen molar-refractivity contribution < 1.29 is 19.1 Å². The van der Waals surface area contributed by atoms with E-state index in [-0.39, 0.29) is 29.8 Å². The lowest BCUT2D eigenvalue weighted by atomic mass is 9.77. The summed E-state index contributed by atoms with van der Waals surface area (Å²) in [4.78, 5) is 39.7. The van der Waals surface area contributed by atoms with E-state index in [0.29, 0.717) is 11.4 Å². The quantitative estimate of drug-likeness (QED) is 0.285. The predicted molar refractivity (Wildman–Crippen MR) is 170 cm³/mol. The van der Waals surface area contributed by atoms with Crippen molar-refractivity contribution in [2.45, 2.75) is 45.2 Å². The van der Waals surface area contributed by atoms with Crippen molar-refractivity contribution in [1.29, 1.82) is 0 Å². The molecule has 9 nitrogen and oxygen atoms in total. The largest absolute Gasteiger partial charge is 0.497 e. The van der Waals surface area contributed by atoms with Crippen molar-refractivity contribution in [3.8, 4) is 5.75 Å². The summed E-state index contributed by atoms with van der Waals surface area (Å²) in [6.45, 7) is 3.69. The van der Waals surface area contributed by atoms with Gasteiger partial charge in [0.05, 0.1) is 29.4 Å². The molecule has 1 aromatic heterocycles. The molecule has 3 heterocycles. The first-order chi connectivity index (χ1) is 21.2. The van der Waals surface area contributed by atoms with Crippen LogP contribution in [0.2, 0.25) is 5.02 Å². The topological polar surface area (TPSA) is 107 Å². The molecule has 1 saturated heterocycles. The first kappa shape index (κ1) is 29.4. The Morgan fingerprint density at radius 3 is 2.57 bits per heavy atom. The molecule has 1 fully saturated rings. The number of H-pyrrole nitrogens is 1. The second-order valence-electron chi connectivity index (χ2n) is 11.5. The fourth-order valence-electron chi connectivity index (χ4n) is 6.36. The van der Waals surface area contributed by atoms with Gasteiger partial charge in [-0.15, -0.1) is 0 Å². The molecule has 1 unspecified atom stereocenters. The highest BCUT2D eigenvalue weighted by Gasteiger charge is 2.43. The number of para-hydroxylation sites is 1. The summed E-state index contributed by atoms with van der Waals surface area (Å²) in [5.41, 5.74) is 7.75. The molecule has 2 N–H and O–H groups in total. The second-order valence-corrected chi connectivity index (χ2v) is 11.9. The number of nitrogens with zero attached hydrogens (tertiary/aromatic N) is 3. The van der Waals surface area contributed by atoms with Crippen LogP contribution >= 0.6 is 11.6 Å². The highest BCUT2D eigenvalue weighted by molar-refractivity contribution is 6.35. The van der Waals surface area contributed by atoms with E-state index >= 15 is 0 Å². The fourth-order valence-corrected chi connectivity index (χ4v) is 6.59. The zero-order valence-corrected chi connectivity index (χ0v) is 25.8. The van der Waals surface area contributed by atoms with Gasteiger partial charge in [-0.25, -0.2) is 9.80 Å². The maximum absolute atomic E-state index is 12.3. The summed E-state index contributed by atoms with van der Waals surface area (Å²) < 4.78 is 5.26. The molecular weight excluding hydrogens is 578 g/mol. The number of likely N-dealkylation sites (N-methyl/N-ethyl adjacent to an activating group) is 1. The Bertz CT molecular complexity index is 1800. The number of urea groups is 1. The number of hydrogen-bond acceptors (Lipinski definition) is 5. The number of aromatic nitrogens is 1. The highest BCUT2D eigenvalue weighted by Crippen LogP contribution is 2.43. The molecule has 4 amide bonds. The fraction of sp³-hybridized carbons (Fsp3) is 0.294. The number of aryl methyl sites for hydroxylation is 2. The van der Waals surface area contributed by atoms with Crippen molar-refractivity contribution in [3.05, 3.63) is 99.7 Å². The molecule has 1 aliphatic carbocycles. The van der Waals surface area contributed by atoms with Crippen LogP contribution in [0.15, 0.2) is 72.0 Å². The maximum atomic E-state index is 12.3. The van der Waals surface area contributed by atoms with Crippen molar-refractivity contribution in [2.24, 2.45) is 11.0 Å². The van der Waals surface area contributed by atoms with E-state index in [4.69, 9.17) is 21.4 Å². The predicted octanol–water partition coefficient (Wildman–Crippen LogP) is 5.79. The monoisotopic (exact) mass is 611 g/mol. The van der Waals surface area contributed by atoms with Gasteiger partial charge in [0, 0.05) is 43.5 Å². The van der Waals surface area contributed by atoms with E-state index in [9.17, 15) is 14.4 Å². The third-order valence-electron chi connectivity index (χ3n) is 8.66. The van der Waals surface area contributed by atoms with E-state index in [2.05, 4.69) is 35.4 Å². The van der Waals surface area contributed by atoms with Gasteiger partial charge in [-0.3, -0.25) is 14.5 Å². The molecule has 0 radical (unpaired) electrons. The number of carbonyl (C=O) groups is 3. The van der Waals surface area contributed by atoms with Crippen molar-refractivity contribution in [1.82, 2.24) is 20.2 Å². The Labute approximate surface area is 260 Å². The zero-order valence-electron chi connectivity index (χ0n) is 25.1. The molecule has 0 spiro atoms. The Morgan fingerprint density at radius 1 is 1.11 bits per heavy atom. The summed E-state index contributed by atoms with van der Waals surface area (Å²) in [5, 5.41) is 10.7. The Hall–Kier alpha value is -4.63. The number of aromatic amines is 1. The third-order valence-corrected chi connectivity index (χ3v) is 8.98. The van der Waals surface area contributed by atoms with Gasteiger partial charge in [0.1, 0.15) is 11.8 Å². The average Bonchev–Trinajstić information content (AvgIpc) is 3.69. The molecule has 3 aliphatic rings. The number of nitrogens with one attached hydrogen (secondary N) is 2. The molecule has 0 saturated carbocycles. The maximum Gasteiger partial charge on any atom is 0.324 e. The van der Waals surface area contributed by atoms with Crippen LogP contribution in [0.1, 0.15) is 47.2 Å². The Morgan fingerprint density at radius 2 is 1.89 bits per heavy atom. The number of amides is 4. The Balaban J connectivity index is 0.000000162. The van der Waals surface area contributed by atoms with Gasteiger partial charge in [-0.05, 0) is 60.7 Å². The van der Waals surface area contributed by atoms with Crippen molar-refractivity contribution in [3.63, 3.8) is 0 Å². The molecule has 2 aliphatic heterocycles. The standard InChI is InChI=1S/C21H22N2O2.C13H12ClN3O2/c1-13-4-5-15-8-11-18-20(19(15)12-13)22-23(14(2)24)21(18)16-6-9-17(25-3)10-7-16;1-17-12(18)10(16-13(17)19)5-7-6-15-11-8(7)3-2-4-9(11)14/h4-7,9-10,12,18,21H,8,11H2,1-3H3;2-4,6,10,15H,5H2,1H3,(H,16,19)/t18-,21?;10-/m01/s1. The third kappa shape index (κ3) is 5.32. The summed E-state index contributed by atoms with van der Waals surface area (Å²) in [7, 11) is 3.14. The van der Waals surface area contributed by atoms with Crippen LogP contribution in [0.3, 0.4) is 0 Å². The summed E-state index contributed by atoms with van der Waals surface area (Å²) in [6.07, 6.45) is 4.32.